The normalized spacial score (nSPS) is 20.1. The molecule has 5 heteroatoms. The van der Waals surface area contributed by atoms with Crippen molar-refractivity contribution >= 4 is 6.01 Å². The molecule has 1 saturated carbocycles. The molecule has 0 bridgehead atoms. The van der Waals surface area contributed by atoms with Crippen LogP contribution in [0.25, 0.3) is 0 Å². The lowest BCUT2D eigenvalue weighted by Crippen LogP contribution is -2.32. The second kappa shape index (κ2) is 4.18. The van der Waals surface area contributed by atoms with Gasteiger partial charge in [-0.1, -0.05) is 24.4 Å². The van der Waals surface area contributed by atoms with Crippen molar-refractivity contribution in [1.82, 2.24) is 10.1 Å². The Hall–Kier alpha value is -1.10. The first-order valence-electron chi connectivity index (χ1n) is 5.38. The first kappa shape index (κ1) is 10.4. The number of aromatic nitrogens is 2. The maximum atomic E-state index is 5.61. The molecule has 1 aromatic rings. The zero-order valence-electron chi connectivity index (χ0n) is 9.25. The summed E-state index contributed by atoms with van der Waals surface area (Å²) in [7, 11) is 3.48. The third-order valence-corrected chi connectivity index (χ3v) is 3.10. The van der Waals surface area contributed by atoms with Crippen LogP contribution in [0.5, 0.6) is 0 Å². The van der Waals surface area contributed by atoms with Crippen LogP contribution in [-0.4, -0.2) is 24.3 Å². The molecule has 1 N–H and O–H groups in total. The average molecular weight is 211 g/mol. The van der Waals surface area contributed by atoms with Gasteiger partial charge in [0.2, 0.25) is 5.82 Å². The average Bonchev–Trinajstić information content (AvgIpc) is 2.79. The number of methoxy groups -OCH3 is 1. The summed E-state index contributed by atoms with van der Waals surface area (Å²) in [6.45, 7) is 0. The van der Waals surface area contributed by atoms with Crippen LogP contribution in [0.15, 0.2) is 4.52 Å². The van der Waals surface area contributed by atoms with Crippen LogP contribution in [-0.2, 0) is 10.3 Å². The van der Waals surface area contributed by atoms with Crippen molar-refractivity contribution in [1.29, 1.82) is 0 Å². The Kier molecular flexibility index (Phi) is 2.90. The Morgan fingerprint density at radius 1 is 1.33 bits per heavy atom. The Bertz CT molecular complexity index is 318. The smallest absolute Gasteiger partial charge is 0.321 e. The number of ether oxygens (including phenoxy) is 1. The van der Waals surface area contributed by atoms with E-state index >= 15 is 0 Å². The molecule has 1 aromatic heterocycles. The van der Waals surface area contributed by atoms with E-state index in [0.29, 0.717) is 11.8 Å². The highest BCUT2D eigenvalue weighted by atomic mass is 16.5. The molecule has 15 heavy (non-hydrogen) atoms. The van der Waals surface area contributed by atoms with Gasteiger partial charge in [0.25, 0.3) is 0 Å². The van der Waals surface area contributed by atoms with Crippen molar-refractivity contribution in [3.05, 3.63) is 5.82 Å². The molecule has 0 spiro atoms. The summed E-state index contributed by atoms with van der Waals surface area (Å²) in [6, 6.07) is 0.451. The van der Waals surface area contributed by atoms with Gasteiger partial charge in [-0.3, -0.25) is 0 Å². The SMILES string of the molecule is CNc1nc(C2(OC)CCCCC2)no1. The van der Waals surface area contributed by atoms with Crippen LogP contribution in [0.2, 0.25) is 0 Å². The summed E-state index contributed by atoms with van der Waals surface area (Å²) in [6.07, 6.45) is 5.55. The van der Waals surface area contributed by atoms with E-state index < -0.39 is 0 Å². The first-order chi connectivity index (χ1) is 7.30. The van der Waals surface area contributed by atoms with Crippen LogP contribution < -0.4 is 5.32 Å². The van der Waals surface area contributed by atoms with Gasteiger partial charge in [-0.2, -0.15) is 4.98 Å². The van der Waals surface area contributed by atoms with Crippen LogP contribution in [0.1, 0.15) is 37.9 Å². The topological polar surface area (TPSA) is 60.2 Å². The number of anilines is 1. The van der Waals surface area contributed by atoms with Crippen LogP contribution in [0.4, 0.5) is 6.01 Å². The Morgan fingerprint density at radius 3 is 2.60 bits per heavy atom. The standard InChI is InChI=1S/C10H17N3O2/c1-11-9-12-8(13-15-9)10(14-2)6-4-3-5-7-10/h3-7H2,1-2H3,(H,11,12,13). The summed E-state index contributed by atoms with van der Waals surface area (Å²) < 4.78 is 10.7. The lowest BCUT2D eigenvalue weighted by Gasteiger charge is -2.32. The second-order valence-corrected chi connectivity index (χ2v) is 3.93. The number of hydrogen-bond acceptors (Lipinski definition) is 5. The molecule has 1 fully saturated rings. The van der Waals surface area contributed by atoms with Crippen molar-refractivity contribution < 1.29 is 9.26 Å². The van der Waals surface area contributed by atoms with E-state index in [4.69, 9.17) is 9.26 Å². The largest absolute Gasteiger partial charge is 0.370 e. The summed E-state index contributed by atoms with van der Waals surface area (Å²) in [5.74, 6) is 0.675. The molecule has 0 aliphatic heterocycles. The summed E-state index contributed by atoms with van der Waals surface area (Å²) in [4.78, 5) is 4.28. The molecule has 84 valence electrons. The Morgan fingerprint density at radius 2 is 2.07 bits per heavy atom. The van der Waals surface area contributed by atoms with E-state index in [2.05, 4.69) is 15.5 Å². The van der Waals surface area contributed by atoms with E-state index in [-0.39, 0.29) is 5.60 Å². The van der Waals surface area contributed by atoms with Gasteiger partial charge in [0.15, 0.2) is 0 Å². The Labute approximate surface area is 89.2 Å². The van der Waals surface area contributed by atoms with Gasteiger partial charge < -0.3 is 14.6 Å². The second-order valence-electron chi connectivity index (χ2n) is 3.93. The lowest BCUT2D eigenvalue weighted by molar-refractivity contribution is -0.0527. The zero-order valence-corrected chi connectivity index (χ0v) is 9.25. The van der Waals surface area contributed by atoms with Crippen LogP contribution in [0, 0.1) is 0 Å². The highest BCUT2D eigenvalue weighted by Gasteiger charge is 2.38. The van der Waals surface area contributed by atoms with Gasteiger partial charge in [0, 0.05) is 14.2 Å². The summed E-state index contributed by atoms with van der Waals surface area (Å²) >= 11 is 0. The fourth-order valence-electron chi connectivity index (χ4n) is 2.15. The third kappa shape index (κ3) is 1.84. The molecule has 0 amide bonds. The van der Waals surface area contributed by atoms with E-state index in [1.54, 1.807) is 14.2 Å². The first-order valence-corrected chi connectivity index (χ1v) is 5.38. The molecule has 0 radical (unpaired) electrons. The van der Waals surface area contributed by atoms with Crippen molar-refractivity contribution in [2.45, 2.75) is 37.7 Å². The lowest BCUT2D eigenvalue weighted by atomic mass is 9.84. The molecule has 0 saturated heterocycles. The fraction of sp³-hybridized carbons (Fsp3) is 0.800. The number of nitrogens with one attached hydrogen (secondary N) is 1. The zero-order chi connectivity index (χ0) is 10.7. The third-order valence-electron chi connectivity index (χ3n) is 3.10. The predicted octanol–water partition coefficient (Wildman–Crippen LogP) is 1.92. The fourth-order valence-corrected chi connectivity index (χ4v) is 2.15. The molecule has 0 unspecified atom stereocenters. The van der Waals surface area contributed by atoms with E-state index in [0.717, 1.165) is 25.7 Å². The summed E-state index contributed by atoms with van der Waals surface area (Å²) in [5, 5.41) is 6.81. The maximum absolute atomic E-state index is 5.61. The van der Waals surface area contributed by atoms with Gasteiger partial charge in [-0.05, 0) is 12.8 Å². The Balaban J connectivity index is 2.24. The highest BCUT2D eigenvalue weighted by Crippen LogP contribution is 2.38. The molecule has 2 rings (SSSR count). The molecule has 0 aromatic carbocycles. The monoisotopic (exact) mass is 211 g/mol. The minimum absolute atomic E-state index is 0.323. The van der Waals surface area contributed by atoms with Crippen molar-refractivity contribution in [2.24, 2.45) is 0 Å². The quantitative estimate of drug-likeness (QED) is 0.827. The van der Waals surface area contributed by atoms with Crippen molar-refractivity contribution in [3.63, 3.8) is 0 Å². The number of nitrogens with zero attached hydrogens (tertiary/aromatic N) is 2. The predicted molar refractivity (Wildman–Crippen MR) is 55.6 cm³/mol. The van der Waals surface area contributed by atoms with Crippen LogP contribution in [0.3, 0.4) is 0 Å². The van der Waals surface area contributed by atoms with Gasteiger partial charge in [0.1, 0.15) is 5.60 Å². The van der Waals surface area contributed by atoms with Gasteiger partial charge >= 0.3 is 6.01 Å². The number of hydrogen-bond donors (Lipinski definition) is 1. The number of rotatable bonds is 3. The van der Waals surface area contributed by atoms with Gasteiger partial charge in [0.05, 0.1) is 0 Å². The molecule has 1 aliphatic carbocycles. The molecule has 1 aliphatic rings. The maximum Gasteiger partial charge on any atom is 0.321 e. The van der Waals surface area contributed by atoms with Crippen molar-refractivity contribution in [3.8, 4) is 0 Å². The molecule has 5 nitrogen and oxygen atoms in total. The molecular formula is C10H17N3O2. The van der Waals surface area contributed by atoms with Gasteiger partial charge in [-0.25, -0.2) is 0 Å². The van der Waals surface area contributed by atoms with E-state index in [1.165, 1.54) is 6.42 Å². The molecule has 0 atom stereocenters. The molecular weight excluding hydrogens is 194 g/mol. The highest BCUT2D eigenvalue weighted by molar-refractivity contribution is 5.18. The molecule has 1 heterocycles. The minimum Gasteiger partial charge on any atom is -0.370 e. The minimum atomic E-state index is -0.323. The van der Waals surface area contributed by atoms with Crippen LogP contribution >= 0.6 is 0 Å². The van der Waals surface area contributed by atoms with Gasteiger partial charge in [-0.15, -0.1) is 0 Å². The summed E-state index contributed by atoms with van der Waals surface area (Å²) in [5.41, 5.74) is -0.323. The van der Waals surface area contributed by atoms with E-state index in [9.17, 15) is 0 Å². The van der Waals surface area contributed by atoms with Crippen molar-refractivity contribution in [2.75, 3.05) is 19.5 Å². The van der Waals surface area contributed by atoms with E-state index in [1.807, 2.05) is 0 Å².